The van der Waals surface area contributed by atoms with Gasteiger partial charge in [0.15, 0.2) is 18.3 Å². The lowest BCUT2D eigenvalue weighted by Crippen LogP contribution is -2.59. The van der Waals surface area contributed by atoms with Gasteiger partial charge in [-0.2, -0.15) is 5.26 Å². The minimum Gasteiger partial charge on any atom is -0.463 e. The van der Waals surface area contributed by atoms with Crippen LogP contribution in [0, 0.1) is 18.3 Å². The summed E-state index contributed by atoms with van der Waals surface area (Å²) in [7, 11) is 0. The van der Waals surface area contributed by atoms with E-state index in [0.717, 1.165) is 26.4 Å². The zero-order chi connectivity index (χ0) is 32.0. The molecule has 44 heavy (non-hydrogen) atoms. The first kappa shape index (κ1) is 32.4. The molecule has 0 aliphatic carbocycles. The van der Waals surface area contributed by atoms with Gasteiger partial charge in [-0.1, -0.05) is 36.4 Å². The number of hydrogen-bond acceptors (Lipinski definition) is 11. The van der Waals surface area contributed by atoms with Crippen molar-refractivity contribution in [2.24, 2.45) is 0 Å². The van der Waals surface area contributed by atoms with Crippen molar-refractivity contribution < 1.29 is 42.9 Å². The molecule has 0 unspecified atom stereocenters. The molecule has 1 saturated heterocycles. The summed E-state index contributed by atoms with van der Waals surface area (Å²) in [6.07, 6.45) is -5.07. The van der Waals surface area contributed by atoms with E-state index < -0.39 is 54.4 Å². The summed E-state index contributed by atoms with van der Waals surface area (Å²) in [5.74, 6) is -2.61. The van der Waals surface area contributed by atoms with Crippen LogP contribution >= 0.6 is 11.3 Å². The number of nitrogens with zero attached hydrogens (tertiary/aromatic N) is 1. The van der Waals surface area contributed by atoms with Crippen LogP contribution in [0.15, 0.2) is 54.6 Å². The molecule has 0 saturated carbocycles. The Morgan fingerprint density at radius 1 is 0.841 bits per heavy atom. The van der Waals surface area contributed by atoms with Crippen LogP contribution in [-0.4, -0.2) is 54.9 Å². The molecule has 0 radical (unpaired) electrons. The highest BCUT2D eigenvalue weighted by molar-refractivity contribution is 7.15. The van der Waals surface area contributed by atoms with Gasteiger partial charge in [0.1, 0.15) is 18.8 Å². The van der Waals surface area contributed by atoms with Crippen LogP contribution in [0.2, 0.25) is 0 Å². The Balaban J connectivity index is 1.72. The fourth-order valence-corrected chi connectivity index (χ4v) is 6.23. The van der Waals surface area contributed by atoms with E-state index in [0.29, 0.717) is 17.5 Å². The average molecular weight is 620 g/mol. The van der Waals surface area contributed by atoms with Crippen molar-refractivity contribution in [2.45, 2.75) is 71.6 Å². The Kier molecular flexibility index (Phi) is 10.5. The van der Waals surface area contributed by atoms with Gasteiger partial charge >= 0.3 is 23.9 Å². The number of benzene rings is 2. The highest BCUT2D eigenvalue weighted by Gasteiger charge is 2.52. The number of rotatable bonds is 9. The molecule has 2 heterocycles. The minimum absolute atomic E-state index is 0.296. The number of nitriles is 1. The highest BCUT2D eigenvalue weighted by Crippen LogP contribution is 2.39. The summed E-state index contributed by atoms with van der Waals surface area (Å²) in [5, 5.41) is 9.53. The van der Waals surface area contributed by atoms with E-state index in [1.807, 2.05) is 55.5 Å². The zero-order valence-electron chi connectivity index (χ0n) is 25.0. The summed E-state index contributed by atoms with van der Waals surface area (Å²) >= 11 is 1.59. The van der Waals surface area contributed by atoms with E-state index in [-0.39, 0.29) is 6.61 Å². The maximum absolute atomic E-state index is 12.3. The molecule has 3 aromatic rings. The van der Waals surface area contributed by atoms with Gasteiger partial charge in [0, 0.05) is 49.4 Å². The Morgan fingerprint density at radius 3 is 2.16 bits per heavy atom. The van der Waals surface area contributed by atoms with Crippen molar-refractivity contribution in [1.82, 2.24) is 0 Å². The third-order valence-corrected chi connectivity index (χ3v) is 8.15. The molecule has 11 heteroatoms. The molecule has 230 valence electrons. The molecule has 10 nitrogen and oxygen atoms in total. The highest BCUT2D eigenvalue weighted by atomic mass is 32.1. The molecule has 4 rings (SSSR count). The lowest BCUT2D eigenvalue weighted by molar-refractivity contribution is -0.254. The summed E-state index contributed by atoms with van der Waals surface area (Å²) in [4.78, 5) is 50.2. The van der Waals surface area contributed by atoms with Crippen molar-refractivity contribution in [3.8, 4) is 16.5 Å². The van der Waals surface area contributed by atoms with Crippen molar-refractivity contribution in [3.05, 3.63) is 81.7 Å². The second-order valence-electron chi connectivity index (χ2n) is 10.4. The van der Waals surface area contributed by atoms with E-state index >= 15 is 0 Å². The fraction of sp³-hybridized carbons (Fsp3) is 0.364. The second-order valence-corrected chi connectivity index (χ2v) is 11.6. The molecule has 2 aromatic carbocycles. The first-order valence-electron chi connectivity index (χ1n) is 13.9. The minimum atomic E-state index is -1.25. The molecule has 5 atom stereocenters. The quantitative estimate of drug-likeness (QED) is 0.238. The summed E-state index contributed by atoms with van der Waals surface area (Å²) in [6.45, 7) is 6.50. The Labute approximate surface area is 259 Å². The van der Waals surface area contributed by atoms with Gasteiger partial charge in [-0.15, -0.1) is 11.3 Å². The first-order valence-corrected chi connectivity index (χ1v) is 14.8. The van der Waals surface area contributed by atoms with Crippen LogP contribution in [-0.2, 0) is 49.3 Å². The molecule has 1 fully saturated rings. The first-order chi connectivity index (χ1) is 21.0. The largest absolute Gasteiger partial charge is 0.463 e. The standard InChI is InChI=1S/C33H33NO9S/c1-18-10-11-23(14-25(18)15-26-12-13-29(44-26)27-9-7-6-8-24(27)16-34)30-32(41-21(4)37)33(42-22(5)38)31(40-20(3)36)28(43-30)17-39-19(2)35/h6-14,28,30-33H,15,17H2,1-5H3/t28-,30+,31-,32+,33+/m1/s1. The lowest BCUT2D eigenvalue weighted by atomic mass is 9.88. The summed E-state index contributed by atoms with van der Waals surface area (Å²) in [6, 6.07) is 19.4. The summed E-state index contributed by atoms with van der Waals surface area (Å²) in [5.41, 5.74) is 4.07. The van der Waals surface area contributed by atoms with Crippen molar-refractivity contribution >= 4 is 35.2 Å². The zero-order valence-corrected chi connectivity index (χ0v) is 25.8. The van der Waals surface area contributed by atoms with Crippen LogP contribution in [0.4, 0.5) is 0 Å². The average Bonchev–Trinajstić information content (AvgIpc) is 3.43. The van der Waals surface area contributed by atoms with Gasteiger partial charge < -0.3 is 23.7 Å². The lowest BCUT2D eigenvalue weighted by Gasteiger charge is -2.44. The maximum Gasteiger partial charge on any atom is 0.303 e. The molecular formula is C33H33NO9S. The van der Waals surface area contributed by atoms with Crippen molar-refractivity contribution in [1.29, 1.82) is 5.26 Å². The second kappa shape index (κ2) is 14.3. The topological polar surface area (TPSA) is 138 Å². The van der Waals surface area contributed by atoms with E-state index in [4.69, 9.17) is 23.7 Å². The van der Waals surface area contributed by atoms with Gasteiger partial charge in [-0.3, -0.25) is 19.2 Å². The van der Waals surface area contributed by atoms with Crippen LogP contribution in [0.3, 0.4) is 0 Å². The number of hydrogen-bond donors (Lipinski definition) is 0. The normalized spacial score (nSPS) is 21.0. The van der Waals surface area contributed by atoms with Gasteiger partial charge in [0.25, 0.3) is 0 Å². The monoisotopic (exact) mass is 619 g/mol. The van der Waals surface area contributed by atoms with Crippen LogP contribution in [0.5, 0.6) is 0 Å². The Morgan fingerprint density at radius 2 is 1.50 bits per heavy atom. The molecule has 0 N–H and O–H groups in total. The molecule has 0 amide bonds. The van der Waals surface area contributed by atoms with Crippen LogP contribution in [0.1, 0.15) is 60.9 Å². The van der Waals surface area contributed by atoms with Crippen LogP contribution in [0.25, 0.3) is 10.4 Å². The number of aryl methyl sites for hydroxylation is 1. The number of carbonyl (C=O) groups is 4. The van der Waals surface area contributed by atoms with E-state index in [9.17, 15) is 24.4 Å². The number of esters is 4. The summed E-state index contributed by atoms with van der Waals surface area (Å²) < 4.78 is 28.3. The third-order valence-electron chi connectivity index (χ3n) is 7.03. The van der Waals surface area contributed by atoms with Gasteiger partial charge in [0.05, 0.1) is 11.6 Å². The number of carbonyl (C=O) groups excluding carboxylic acids is 4. The predicted octanol–water partition coefficient (Wildman–Crippen LogP) is 4.98. The Bertz CT molecular complexity index is 1590. The van der Waals surface area contributed by atoms with Crippen molar-refractivity contribution in [2.75, 3.05) is 6.61 Å². The molecule has 1 aromatic heterocycles. The van der Waals surface area contributed by atoms with E-state index in [2.05, 4.69) is 6.07 Å². The maximum atomic E-state index is 12.3. The third kappa shape index (κ3) is 7.89. The molecular weight excluding hydrogens is 586 g/mol. The Hall–Kier alpha value is -4.53. The number of thiophene rings is 1. The molecule has 1 aliphatic rings. The molecule has 0 spiro atoms. The van der Waals surface area contributed by atoms with Crippen LogP contribution < -0.4 is 0 Å². The van der Waals surface area contributed by atoms with Gasteiger partial charge in [-0.05, 0) is 41.8 Å². The smallest absolute Gasteiger partial charge is 0.303 e. The van der Waals surface area contributed by atoms with Crippen molar-refractivity contribution in [3.63, 3.8) is 0 Å². The van der Waals surface area contributed by atoms with E-state index in [1.165, 1.54) is 27.7 Å². The fourth-order valence-electron chi connectivity index (χ4n) is 5.16. The predicted molar refractivity (Wildman–Crippen MR) is 159 cm³/mol. The number of ether oxygens (including phenoxy) is 5. The molecule has 0 bridgehead atoms. The SMILES string of the molecule is CC(=O)OC[C@H]1O[C@@H](c2ccc(C)c(Cc3ccc(-c4ccccc4C#N)s3)c2)[C@H](OC(C)=O)[C@@H](OC(C)=O)[C@@H]1OC(C)=O. The van der Waals surface area contributed by atoms with Gasteiger partial charge in [-0.25, -0.2) is 0 Å². The molecule has 1 aliphatic heterocycles. The van der Waals surface area contributed by atoms with E-state index in [1.54, 1.807) is 17.4 Å². The van der Waals surface area contributed by atoms with Gasteiger partial charge in [0.2, 0.25) is 0 Å².